The molecule has 2 rings (SSSR count). The molecular formula is C17H16Cl2F2N2O2. The van der Waals surface area contributed by atoms with E-state index >= 15 is 0 Å². The monoisotopic (exact) mass is 388 g/mol. The molecule has 2 aromatic rings. The third-order valence-corrected chi connectivity index (χ3v) is 4.22. The molecular weight excluding hydrogens is 373 g/mol. The van der Waals surface area contributed by atoms with Crippen molar-refractivity contribution in [3.63, 3.8) is 0 Å². The average Bonchev–Trinajstić information content (AvgIpc) is 2.51. The minimum atomic E-state index is -1.32. The molecule has 0 saturated carbocycles. The Bertz CT molecular complexity index is 808. The van der Waals surface area contributed by atoms with Crippen LogP contribution in [0.4, 0.5) is 8.78 Å². The number of aliphatic hydroxyl groups is 1. The highest BCUT2D eigenvalue weighted by Gasteiger charge is 2.25. The first kappa shape index (κ1) is 19.6. The minimum absolute atomic E-state index is 0.0428. The molecule has 4 nitrogen and oxygen atoms in total. The van der Waals surface area contributed by atoms with Crippen molar-refractivity contribution >= 4 is 29.6 Å². The Hall–Kier alpha value is -1.76. The molecule has 0 saturated heterocycles. The molecule has 0 aliphatic carbocycles. The molecule has 1 aromatic heterocycles. The second-order valence-electron chi connectivity index (χ2n) is 5.95. The third-order valence-electron chi connectivity index (χ3n) is 3.54. The molecule has 1 aromatic carbocycles. The molecule has 134 valence electrons. The number of pyridine rings is 1. The van der Waals surface area contributed by atoms with Gasteiger partial charge in [0.05, 0.1) is 21.3 Å². The Balaban J connectivity index is 2.65. The van der Waals surface area contributed by atoms with Gasteiger partial charge in [-0.05, 0) is 26.0 Å². The number of hydrogen-bond donors (Lipinski definition) is 2. The van der Waals surface area contributed by atoms with Crippen LogP contribution >= 0.6 is 23.2 Å². The van der Waals surface area contributed by atoms with E-state index in [1.807, 2.05) is 0 Å². The van der Waals surface area contributed by atoms with E-state index in [4.69, 9.17) is 23.2 Å². The number of hydrogen-bond acceptors (Lipinski definition) is 3. The Morgan fingerprint density at radius 3 is 2.52 bits per heavy atom. The summed E-state index contributed by atoms with van der Waals surface area (Å²) in [4.78, 5) is 14.7. The normalized spacial score (nSPS) is 11.5. The predicted octanol–water partition coefficient (Wildman–Crippen LogP) is 3.85. The van der Waals surface area contributed by atoms with E-state index in [1.54, 1.807) is 6.07 Å². The fourth-order valence-electron chi connectivity index (χ4n) is 2.30. The fraction of sp³-hybridized carbons (Fsp3) is 0.294. The second-order valence-corrected chi connectivity index (χ2v) is 6.74. The number of nitrogens with zero attached hydrogens (tertiary/aromatic N) is 1. The lowest BCUT2D eigenvalue weighted by molar-refractivity contribution is -0.109. The van der Waals surface area contributed by atoms with E-state index < -0.39 is 17.2 Å². The summed E-state index contributed by atoms with van der Waals surface area (Å²) in [5, 5.41) is 12.6. The number of carbonyl (C=O) groups is 1. The van der Waals surface area contributed by atoms with E-state index in [9.17, 15) is 18.7 Å². The molecule has 0 aliphatic heterocycles. The van der Waals surface area contributed by atoms with Crippen LogP contribution in [0.3, 0.4) is 0 Å². The number of carbonyl (C=O) groups excluding carboxylic acids is 1. The average molecular weight is 389 g/mol. The number of halogens is 4. The fourth-order valence-corrected chi connectivity index (χ4v) is 2.89. The van der Waals surface area contributed by atoms with Crippen molar-refractivity contribution in [2.75, 3.05) is 6.54 Å². The van der Waals surface area contributed by atoms with Crippen LogP contribution in [0.5, 0.6) is 0 Å². The van der Waals surface area contributed by atoms with E-state index in [2.05, 4.69) is 10.3 Å². The van der Waals surface area contributed by atoms with E-state index in [0.717, 1.165) is 6.07 Å². The maximum Gasteiger partial charge on any atom is 0.207 e. The van der Waals surface area contributed by atoms with E-state index in [-0.39, 0.29) is 21.3 Å². The maximum atomic E-state index is 14.2. The summed E-state index contributed by atoms with van der Waals surface area (Å²) in [6, 6.07) is 3.34. The Morgan fingerprint density at radius 1 is 1.24 bits per heavy atom. The lowest BCUT2D eigenvalue weighted by Crippen LogP contribution is -2.19. The van der Waals surface area contributed by atoms with Gasteiger partial charge in [-0.2, -0.15) is 0 Å². The van der Waals surface area contributed by atoms with Crippen LogP contribution in [-0.2, 0) is 16.8 Å². The third kappa shape index (κ3) is 4.45. The highest BCUT2D eigenvalue weighted by Crippen LogP contribution is 2.37. The molecule has 1 heterocycles. The highest BCUT2D eigenvalue weighted by atomic mass is 35.5. The number of nitrogens with one attached hydrogen (secondary N) is 1. The van der Waals surface area contributed by atoms with Crippen LogP contribution in [0.1, 0.15) is 25.1 Å². The molecule has 8 heteroatoms. The molecule has 0 atom stereocenters. The number of benzene rings is 1. The van der Waals surface area contributed by atoms with Crippen molar-refractivity contribution in [2.24, 2.45) is 0 Å². The summed E-state index contributed by atoms with van der Waals surface area (Å²) in [5.41, 5.74) is -0.540. The van der Waals surface area contributed by atoms with Gasteiger partial charge in [0.25, 0.3) is 0 Å². The van der Waals surface area contributed by atoms with Gasteiger partial charge in [-0.15, -0.1) is 0 Å². The van der Waals surface area contributed by atoms with Gasteiger partial charge in [0.2, 0.25) is 6.41 Å². The summed E-state index contributed by atoms with van der Waals surface area (Å²) in [7, 11) is 0. The van der Waals surface area contributed by atoms with Gasteiger partial charge in [0, 0.05) is 35.9 Å². The van der Waals surface area contributed by atoms with Gasteiger partial charge < -0.3 is 10.4 Å². The standard InChI is InChI=1S/C17H16Cl2F2N2O2/c1-17(2,25)11-5-9(3-4-22-8-24)23-16(15(11)19)10-6-12(18)14(21)7-13(10)20/h5-8,25H,3-4H2,1-2H3,(H,22,24). The first-order valence-electron chi connectivity index (χ1n) is 7.39. The molecule has 0 fully saturated rings. The smallest absolute Gasteiger partial charge is 0.207 e. The SMILES string of the molecule is CC(C)(O)c1cc(CCNC=O)nc(-c2cc(Cl)c(F)cc2F)c1Cl. The number of rotatable bonds is 6. The van der Waals surface area contributed by atoms with Gasteiger partial charge in [0.15, 0.2) is 0 Å². The van der Waals surface area contributed by atoms with Crippen LogP contribution in [0.25, 0.3) is 11.3 Å². The van der Waals surface area contributed by atoms with Crippen LogP contribution in [-0.4, -0.2) is 23.0 Å². The Labute approximate surface area is 153 Å². The lowest BCUT2D eigenvalue weighted by Gasteiger charge is -2.22. The van der Waals surface area contributed by atoms with Crippen molar-refractivity contribution in [3.8, 4) is 11.3 Å². The van der Waals surface area contributed by atoms with Crippen molar-refractivity contribution in [3.05, 3.63) is 51.1 Å². The Kier molecular flexibility index (Phi) is 5.98. The molecule has 0 radical (unpaired) electrons. The van der Waals surface area contributed by atoms with Crippen molar-refractivity contribution in [1.82, 2.24) is 10.3 Å². The van der Waals surface area contributed by atoms with Crippen LogP contribution in [0.15, 0.2) is 18.2 Å². The number of aromatic nitrogens is 1. The van der Waals surface area contributed by atoms with Gasteiger partial charge in [-0.1, -0.05) is 23.2 Å². The van der Waals surface area contributed by atoms with Crippen LogP contribution in [0, 0.1) is 11.6 Å². The first-order valence-corrected chi connectivity index (χ1v) is 8.15. The maximum absolute atomic E-state index is 14.2. The minimum Gasteiger partial charge on any atom is -0.386 e. The van der Waals surface area contributed by atoms with Crippen molar-refractivity contribution in [1.29, 1.82) is 0 Å². The summed E-state index contributed by atoms with van der Waals surface area (Å²) in [5.74, 6) is -1.77. The summed E-state index contributed by atoms with van der Waals surface area (Å²) in [6.45, 7) is 3.36. The second kappa shape index (κ2) is 7.64. The van der Waals surface area contributed by atoms with Gasteiger partial charge in [-0.25, -0.2) is 8.78 Å². The Morgan fingerprint density at radius 2 is 1.92 bits per heavy atom. The highest BCUT2D eigenvalue weighted by molar-refractivity contribution is 6.34. The van der Waals surface area contributed by atoms with Gasteiger partial charge in [0.1, 0.15) is 11.6 Å². The molecule has 2 N–H and O–H groups in total. The summed E-state index contributed by atoms with van der Waals surface area (Å²) < 4.78 is 27.7. The summed E-state index contributed by atoms with van der Waals surface area (Å²) in [6.07, 6.45) is 0.885. The molecule has 0 unspecified atom stereocenters. The first-order chi connectivity index (χ1) is 11.6. The van der Waals surface area contributed by atoms with Crippen molar-refractivity contribution < 1.29 is 18.7 Å². The van der Waals surface area contributed by atoms with Crippen molar-refractivity contribution in [2.45, 2.75) is 25.9 Å². The van der Waals surface area contributed by atoms with E-state index in [1.165, 1.54) is 13.8 Å². The molecule has 25 heavy (non-hydrogen) atoms. The molecule has 1 amide bonds. The predicted molar refractivity (Wildman–Crippen MR) is 92.6 cm³/mol. The van der Waals surface area contributed by atoms with Gasteiger partial charge in [-0.3, -0.25) is 9.78 Å². The molecule has 0 spiro atoms. The molecule has 0 aliphatic rings. The number of amides is 1. The van der Waals surface area contributed by atoms with Crippen LogP contribution in [0.2, 0.25) is 10.0 Å². The quantitative estimate of drug-likeness (QED) is 0.448. The largest absolute Gasteiger partial charge is 0.386 e. The van der Waals surface area contributed by atoms with E-state index in [0.29, 0.717) is 36.7 Å². The molecule has 0 bridgehead atoms. The topological polar surface area (TPSA) is 62.2 Å². The van der Waals surface area contributed by atoms with Crippen LogP contribution < -0.4 is 5.32 Å². The summed E-state index contributed by atoms with van der Waals surface area (Å²) >= 11 is 12.1. The zero-order valence-corrected chi connectivity index (χ0v) is 15.1. The zero-order chi connectivity index (χ0) is 18.8. The zero-order valence-electron chi connectivity index (χ0n) is 13.5. The van der Waals surface area contributed by atoms with Gasteiger partial charge >= 0.3 is 0 Å². The lowest BCUT2D eigenvalue weighted by atomic mass is 9.95.